The summed E-state index contributed by atoms with van der Waals surface area (Å²) >= 11 is 0. The molecule has 7 heteroatoms. The average molecular weight is 320 g/mol. The summed E-state index contributed by atoms with van der Waals surface area (Å²) in [5.74, 6) is 1.23. The number of rotatable bonds is 5. The van der Waals surface area contributed by atoms with Crippen molar-refractivity contribution in [2.75, 3.05) is 44.9 Å². The maximum atomic E-state index is 11.4. The van der Waals surface area contributed by atoms with E-state index in [2.05, 4.69) is 20.4 Å². The number of hydrogen-bond acceptors (Lipinski definition) is 6. The highest BCUT2D eigenvalue weighted by molar-refractivity contribution is 5.77. The number of carbonyl (C=O) groups is 1. The number of carbonyl (C=O) groups excluding carboxylic acids is 1. The third-order valence-electron chi connectivity index (χ3n) is 4.56. The summed E-state index contributed by atoms with van der Waals surface area (Å²) in [6, 6.07) is 3.99. The minimum absolute atomic E-state index is 0.0421. The van der Waals surface area contributed by atoms with Crippen molar-refractivity contribution in [1.82, 2.24) is 15.5 Å². The number of ether oxygens (including phenoxy) is 2. The van der Waals surface area contributed by atoms with Gasteiger partial charge in [0.15, 0.2) is 5.82 Å². The molecule has 0 aromatic carbocycles. The van der Waals surface area contributed by atoms with Crippen molar-refractivity contribution in [1.29, 1.82) is 0 Å². The fraction of sp³-hybridized carbons (Fsp3) is 0.688. The van der Waals surface area contributed by atoms with Gasteiger partial charge in [0.25, 0.3) is 0 Å². The van der Waals surface area contributed by atoms with Crippen molar-refractivity contribution in [2.24, 2.45) is 5.92 Å². The molecule has 1 unspecified atom stereocenters. The molecule has 2 saturated heterocycles. The van der Waals surface area contributed by atoms with Crippen molar-refractivity contribution in [2.45, 2.75) is 25.4 Å². The zero-order chi connectivity index (χ0) is 16.3. The van der Waals surface area contributed by atoms with Crippen LogP contribution in [0.1, 0.15) is 18.5 Å². The number of hydrogen-bond donors (Lipinski definition) is 1. The minimum atomic E-state index is -0.0689. The minimum Gasteiger partial charge on any atom is -0.375 e. The van der Waals surface area contributed by atoms with Crippen LogP contribution in [0, 0.1) is 12.8 Å². The zero-order valence-electron chi connectivity index (χ0n) is 13.7. The van der Waals surface area contributed by atoms with Crippen LogP contribution in [0.4, 0.5) is 5.82 Å². The van der Waals surface area contributed by atoms with Crippen molar-refractivity contribution >= 4 is 11.7 Å². The molecule has 7 nitrogen and oxygen atoms in total. The van der Waals surface area contributed by atoms with Gasteiger partial charge in [-0.3, -0.25) is 4.79 Å². The van der Waals surface area contributed by atoms with E-state index in [1.165, 1.54) is 7.11 Å². The molecule has 3 rings (SSSR count). The van der Waals surface area contributed by atoms with Crippen molar-refractivity contribution in [3.63, 3.8) is 0 Å². The molecule has 0 radical (unpaired) electrons. The van der Waals surface area contributed by atoms with Gasteiger partial charge in [-0.25, -0.2) is 0 Å². The van der Waals surface area contributed by atoms with E-state index in [9.17, 15) is 4.79 Å². The summed E-state index contributed by atoms with van der Waals surface area (Å²) < 4.78 is 10.9. The molecule has 1 aromatic heterocycles. The lowest BCUT2D eigenvalue weighted by Gasteiger charge is -2.53. The van der Waals surface area contributed by atoms with Crippen LogP contribution in [0.5, 0.6) is 0 Å². The summed E-state index contributed by atoms with van der Waals surface area (Å²) in [7, 11) is 1.52. The number of amides is 1. The summed E-state index contributed by atoms with van der Waals surface area (Å²) in [6.07, 6.45) is 2.09. The first kappa shape index (κ1) is 16.1. The lowest BCUT2D eigenvalue weighted by Crippen LogP contribution is -2.65. The average Bonchev–Trinajstić information content (AvgIpc) is 2.52. The molecule has 2 aliphatic rings. The van der Waals surface area contributed by atoms with Crippen LogP contribution in [-0.4, -0.2) is 61.7 Å². The van der Waals surface area contributed by atoms with Crippen LogP contribution < -0.4 is 10.2 Å². The quantitative estimate of drug-likeness (QED) is 0.853. The molecule has 2 fully saturated rings. The van der Waals surface area contributed by atoms with E-state index in [0.717, 1.165) is 37.4 Å². The summed E-state index contributed by atoms with van der Waals surface area (Å²) in [4.78, 5) is 13.6. The first-order valence-corrected chi connectivity index (χ1v) is 8.05. The van der Waals surface area contributed by atoms with E-state index in [1.807, 2.05) is 19.1 Å². The first-order chi connectivity index (χ1) is 11.1. The highest BCUT2D eigenvalue weighted by Gasteiger charge is 2.47. The molecule has 1 aromatic rings. The molecule has 126 valence electrons. The topological polar surface area (TPSA) is 76.6 Å². The summed E-state index contributed by atoms with van der Waals surface area (Å²) in [5, 5.41) is 11.2. The third-order valence-corrected chi connectivity index (χ3v) is 4.56. The van der Waals surface area contributed by atoms with Gasteiger partial charge in [0, 0.05) is 13.7 Å². The van der Waals surface area contributed by atoms with E-state index < -0.39 is 0 Å². The van der Waals surface area contributed by atoms with Crippen molar-refractivity contribution in [3.05, 3.63) is 17.8 Å². The van der Waals surface area contributed by atoms with Gasteiger partial charge in [0.2, 0.25) is 5.91 Å². The van der Waals surface area contributed by atoms with Crippen LogP contribution in [0.3, 0.4) is 0 Å². The summed E-state index contributed by atoms with van der Waals surface area (Å²) in [5.41, 5.74) is 0.885. The SMILES string of the molecule is COCC(=O)NCC1CCC2(CN(c3ccc(C)nn3)C2)OC1. The van der Waals surface area contributed by atoms with Crippen LogP contribution in [0.2, 0.25) is 0 Å². The fourth-order valence-corrected chi connectivity index (χ4v) is 3.14. The Morgan fingerprint density at radius 1 is 1.48 bits per heavy atom. The zero-order valence-corrected chi connectivity index (χ0v) is 13.7. The number of methoxy groups -OCH3 is 1. The Hall–Kier alpha value is -1.73. The highest BCUT2D eigenvalue weighted by atomic mass is 16.5. The molecule has 1 atom stereocenters. The predicted octanol–water partition coefficient (Wildman–Crippen LogP) is 0.533. The van der Waals surface area contributed by atoms with Gasteiger partial charge in [-0.05, 0) is 37.8 Å². The van der Waals surface area contributed by atoms with Crippen molar-refractivity contribution < 1.29 is 14.3 Å². The van der Waals surface area contributed by atoms with E-state index in [1.54, 1.807) is 0 Å². The van der Waals surface area contributed by atoms with Gasteiger partial charge >= 0.3 is 0 Å². The van der Waals surface area contributed by atoms with E-state index in [-0.39, 0.29) is 18.1 Å². The first-order valence-electron chi connectivity index (χ1n) is 8.05. The Kier molecular flexibility index (Phi) is 4.77. The Morgan fingerprint density at radius 3 is 2.91 bits per heavy atom. The van der Waals surface area contributed by atoms with Crippen LogP contribution in [0.25, 0.3) is 0 Å². The number of nitrogens with zero attached hydrogens (tertiary/aromatic N) is 3. The Bertz CT molecular complexity index is 533. The van der Waals surface area contributed by atoms with Gasteiger partial charge in [-0.2, -0.15) is 5.10 Å². The molecule has 2 aliphatic heterocycles. The van der Waals surface area contributed by atoms with Gasteiger partial charge in [0.05, 0.1) is 25.4 Å². The molecule has 23 heavy (non-hydrogen) atoms. The van der Waals surface area contributed by atoms with Gasteiger partial charge in [0.1, 0.15) is 12.2 Å². The molecule has 3 heterocycles. The molecule has 1 N–H and O–H groups in total. The van der Waals surface area contributed by atoms with Crippen LogP contribution in [0.15, 0.2) is 12.1 Å². The standard InChI is InChI=1S/C16H24N4O3/c1-12-3-4-14(19-18-12)20-10-16(11-20)6-5-13(8-23-16)7-17-15(21)9-22-2/h3-4,13H,5-11H2,1-2H3,(H,17,21). The van der Waals surface area contributed by atoms with E-state index in [0.29, 0.717) is 19.1 Å². The Morgan fingerprint density at radius 2 is 2.30 bits per heavy atom. The number of aryl methyl sites for hydroxylation is 1. The predicted molar refractivity (Wildman–Crippen MR) is 85.3 cm³/mol. The largest absolute Gasteiger partial charge is 0.375 e. The van der Waals surface area contributed by atoms with E-state index in [4.69, 9.17) is 9.47 Å². The van der Waals surface area contributed by atoms with Gasteiger partial charge in [-0.1, -0.05) is 0 Å². The molecule has 1 spiro atoms. The third kappa shape index (κ3) is 3.79. The number of anilines is 1. The number of aromatic nitrogens is 2. The lowest BCUT2D eigenvalue weighted by atomic mass is 9.83. The molecule has 0 bridgehead atoms. The number of nitrogens with one attached hydrogen (secondary N) is 1. The monoisotopic (exact) mass is 320 g/mol. The fourth-order valence-electron chi connectivity index (χ4n) is 3.14. The van der Waals surface area contributed by atoms with Gasteiger partial charge in [-0.15, -0.1) is 5.10 Å². The molecule has 0 aliphatic carbocycles. The molecule has 1 amide bonds. The second kappa shape index (κ2) is 6.80. The van der Waals surface area contributed by atoms with Crippen LogP contribution in [-0.2, 0) is 14.3 Å². The normalized spacial score (nSPS) is 22.7. The highest BCUT2D eigenvalue weighted by Crippen LogP contribution is 2.37. The maximum absolute atomic E-state index is 11.4. The van der Waals surface area contributed by atoms with Gasteiger partial charge < -0.3 is 19.7 Å². The molecule has 0 saturated carbocycles. The Balaban J connectivity index is 1.42. The summed E-state index contributed by atoms with van der Waals surface area (Å²) in [6.45, 7) is 5.14. The molecular formula is C16H24N4O3. The van der Waals surface area contributed by atoms with E-state index >= 15 is 0 Å². The second-order valence-corrected chi connectivity index (χ2v) is 6.52. The molecular weight excluding hydrogens is 296 g/mol. The maximum Gasteiger partial charge on any atom is 0.245 e. The van der Waals surface area contributed by atoms with Crippen molar-refractivity contribution in [3.8, 4) is 0 Å². The Labute approximate surface area is 136 Å². The van der Waals surface area contributed by atoms with Crippen LogP contribution >= 0.6 is 0 Å². The lowest BCUT2D eigenvalue weighted by molar-refractivity contribution is -0.127. The second-order valence-electron chi connectivity index (χ2n) is 6.52. The smallest absolute Gasteiger partial charge is 0.245 e.